The second kappa shape index (κ2) is 8.74. The maximum absolute atomic E-state index is 14.0. The highest BCUT2D eigenvalue weighted by molar-refractivity contribution is 5.97. The lowest BCUT2D eigenvalue weighted by molar-refractivity contribution is 0.0827. The second-order valence-electron chi connectivity index (χ2n) is 10.6. The third-order valence-corrected chi connectivity index (χ3v) is 8.06. The van der Waals surface area contributed by atoms with E-state index < -0.39 is 0 Å². The number of hydrogen-bond donors (Lipinski definition) is 1. The van der Waals surface area contributed by atoms with Gasteiger partial charge >= 0.3 is 0 Å². The minimum absolute atomic E-state index is 0.00275. The number of benzene rings is 2. The molecule has 0 bridgehead atoms. The number of aromatic amines is 1. The number of amides is 1. The number of H-pyrrole nitrogens is 1. The van der Waals surface area contributed by atoms with Crippen LogP contribution in [-0.2, 0) is 0 Å². The highest BCUT2D eigenvalue weighted by Crippen LogP contribution is 2.51. The zero-order valence-corrected chi connectivity index (χ0v) is 20.3. The van der Waals surface area contributed by atoms with E-state index in [1.807, 2.05) is 24.4 Å². The summed E-state index contributed by atoms with van der Waals surface area (Å²) in [5.74, 6) is 3.03. The molecule has 6 heteroatoms. The van der Waals surface area contributed by atoms with Crippen LogP contribution in [0.25, 0.3) is 21.9 Å². The van der Waals surface area contributed by atoms with Crippen LogP contribution in [0.15, 0.2) is 48.7 Å². The molecule has 1 atom stereocenters. The number of halogens is 1. The Morgan fingerprint density at radius 2 is 1.71 bits per heavy atom. The summed E-state index contributed by atoms with van der Waals surface area (Å²) < 4.78 is 14.0. The average molecular weight is 471 g/mol. The Kier molecular flexibility index (Phi) is 5.54. The Bertz CT molecular complexity index is 1400. The first kappa shape index (κ1) is 22.2. The number of carbonyl (C=O) groups excluding carboxylic acids is 1. The van der Waals surface area contributed by atoms with Gasteiger partial charge in [-0.25, -0.2) is 9.37 Å². The quantitative estimate of drug-likeness (QED) is 0.366. The maximum Gasteiger partial charge on any atom is 0.253 e. The van der Waals surface area contributed by atoms with Crippen LogP contribution in [0.4, 0.5) is 4.39 Å². The van der Waals surface area contributed by atoms with E-state index in [1.54, 1.807) is 31.1 Å². The zero-order chi connectivity index (χ0) is 24.1. The third-order valence-electron chi connectivity index (χ3n) is 8.06. The Morgan fingerprint density at radius 1 is 0.971 bits per heavy atom. The molecule has 2 fully saturated rings. The topological polar surface area (TPSA) is 61.9 Å². The molecule has 180 valence electrons. The lowest BCUT2D eigenvalue weighted by Gasteiger charge is -2.34. The number of imidazole rings is 1. The Hall–Kier alpha value is -3.28. The van der Waals surface area contributed by atoms with Crippen molar-refractivity contribution in [2.75, 3.05) is 14.1 Å². The van der Waals surface area contributed by atoms with Crippen LogP contribution < -0.4 is 0 Å². The van der Waals surface area contributed by atoms with E-state index in [1.165, 1.54) is 24.5 Å². The van der Waals surface area contributed by atoms with E-state index in [9.17, 15) is 9.18 Å². The van der Waals surface area contributed by atoms with Gasteiger partial charge in [0.05, 0.1) is 16.6 Å². The summed E-state index contributed by atoms with van der Waals surface area (Å²) in [5, 5.41) is 0.954. The number of rotatable bonds is 5. The van der Waals surface area contributed by atoms with Crippen molar-refractivity contribution in [3.05, 3.63) is 71.4 Å². The van der Waals surface area contributed by atoms with Crippen LogP contribution in [0.1, 0.15) is 72.1 Å². The van der Waals surface area contributed by atoms with Gasteiger partial charge < -0.3 is 9.88 Å². The van der Waals surface area contributed by atoms with Gasteiger partial charge in [-0.05, 0) is 104 Å². The van der Waals surface area contributed by atoms with Crippen LogP contribution in [-0.4, -0.2) is 39.9 Å². The van der Waals surface area contributed by atoms with Crippen molar-refractivity contribution in [1.29, 1.82) is 0 Å². The van der Waals surface area contributed by atoms with Crippen molar-refractivity contribution >= 4 is 27.8 Å². The largest absolute Gasteiger partial charge is 0.345 e. The lowest BCUT2D eigenvalue weighted by Crippen LogP contribution is -2.22. The van der Waals surface area contributed by atoms with Crippen LogP contribution in [0.5, 0.6) is 0 Å². The van der Waals surface area contributed by atoms with Gasteiger partial charge in [-0.15, -0.1) is 0 Å². The number of hydrogen-bond acceptors (Lipinski definition) is 3. The number of fused-ring (bicyclic) bond motifs is 2. The standard InChI is InChI=1S/C29H31FN4O/c1-34(2)29(35)20-9-11-25-26(15-20)33-28(32-25)27(19-7-8-19)18-5-3-17(4-6-18)22-13-14-31-24-12-10-21(30)16-23(22)24/h9-19,27H,3-8H2,1-2H3,(H,32,33)/t17-,18+,27?. The summed E-state index contributed by atoms with van der Waals surface area (Å²) >= 11 is 0. The molecule has 1 unspecified atom stereocenters. The van der Waals surface area contributed by atoms with E-state index in [2.05, 4.69) is 16.0 Å². The fraction of sp³-hybridized carbons (Fsp3) is 0.414. The molecule has 1 N–H and O–H groups in total. The van der Waals surface area contributed by atoms with Gasteiger partial charge in [-0.1, -0.05) is 0 Å². The van der Waals surface area contributed by atoms with Gasteiger partial charge in [0.25, 0.3) is 5.91 Å². The Labute approximate surface area is 204 Å². The van der Waals surface area contributed by atoms with Gasteiger partial charge in [0.1, 0.15) is 11.6 Å². The molecule has 0 spiro atoms. The van der Waals surface area contributed by atoms with Crippen molar-refractivity contribution in [2.45, 2.75) is 50.4 Å². The molecule has 2 aliphatic carbocycles. The zero-order valence-electron chi connectivity index (χ0n) is 20.3. The van der Waals surface area contributed by atoms with Gasteiger partial charge in [-0.2, -0.15) is 0 Å². The van der Waals surface area contributed by atoms with Crippen molar-refractivity contribution in [1.82, 2.24) is 19.9 Å². The third kappa shape index (κ3) is 4.19. The van der Waals surface area contributed by atoms with Gasteiger partial charge in [0, 0.05) is 37.2 Å². The van der Waals surface area contributed by atoms with Crippen LogP contribution >= 0.6 is 0 Å². The minimum atomic E-state index is -0.199. The molecule has 2 aliphatic rings. The molecule has 6 rings (SSSR count). The molecule has 5 nitrogen and oxygen atoms in total. The molecule has 2 heterocycles. The summed E-state index contributed by atoms with van der Waals surface area (Å²) in [6, 6.07) is 12.8. The van der Waals surface area contributed by atoms with Crippen molar-refractivity contribution in [2.24, 2.45) is 11.8 Å². The number of pyridine rings is 1. The van der Waals surface area contributed by atoms with E-state index in [0.29, 0.717) is 29.2 Å². The Morgan fingerprint density at radius 3 is 2.43 bits per heavy atom. The van der Waals surface area contributed by atoms with E-state index in [0.717, 1.165) is 53.4 Å². The molecule has 2 aromatic carbocycles. The molecule has 35 heavy (non-hydrogen) atoms. The number of nitrogens with one attached hydrogen (secondary N) is 1. The first-order valence-electron chi connectivity index (χ1n) is 12.7. The normalized spacial score (nSPS) is 21.3. The fourth-order valence-corrected chi connectivity index (χ4v) is 6.15. The van der Waals surface area contributed by atoms with Crippen molar-refractivity contribution in [3.8, 4) is 0 Å². The van der Waals surface area contributed by atoms with E-state index >= 15 is 0 Å². The average Bonchev–Trinajstić information content (AvgIpc) is 3.61. The second-order valence-corrected chi connectivity index (χ2v) is 10.6. The van der Waals surface area contributed by atoms with Gasteiger partial charge in [0.2, 0.25) is 0 Å². The molecule has 4 aromatic rings. The number of nitrogens with zero attached hydrogens (tertiary/aromatic N) is 3. The van der Waals surface area contributed by atoms with Crippen LogP contribution in [0.2, 0.25) is 0 Å². The summed E-state index contributed by atoms with van der Waals surface area (Å²) in [6.45, 7) is 0. The van der Waals surface area contributed by atoms with Crippen molar-refractivity contribution in [3.63, 3.8) is 0 Å². The highest BCUT2D eigenvalue weighted by Gasteiger charge is 2.41. The maximum atomic E-state index is 14.0. The molecule has 2 saturated carbocycles. The summed E-state index contributed by atoms with van der Waals surface area (Å²) in [7, 11) is 3.54. The lowest BCUT2D eigenvalue weighted by atomic mass is 9.72. The summed E-state index contributed by atoms with van der Waals surface area (Å²) in [6.07, 6.45) is 8.88. The summed E-state index contributed by atoms with van der Waals surface area (Å²) in [5.41, 5.74) is 4.65. The van der Waals surface area contributed by atoms with Gasteiger partial charge in [-0.3, -0.25) is 9.78 Å². The molecule has 0 aliphatic heterocycles. The predicted molar refractivity (Wildman–Crippen MR) is 136 cm³/mol. The highest BCUT2D eigenvalue weighted by atomic mass is 19.1. The molecule has 2 aromatic heterocycles. The molecule has 0 radical (unpaired) electrons. The molecule has 1 amide bonds. The van der Waals surface area contributed by atoms with E-state index in [4.69, 9.17) is 4.98 Å². The first-order valence-corrected chi connectivity index (χ1v) is 12.7. The molecule has 0 saturated heterocycles. The van der Waals surface area contributed by atoms with Crippen molar-refractivity contribution < 1.29 is 9.18 Å². The molecular formula is C29H31FN4O. The smallest absolute Gasteiger partial charge is 0.253 e. The minimum Gasteiger partial charge on any atom is -0.345 e. The van der Waals surface area contributed by atoms with Gasteiger partial charge in [0.15, 0.2) is 0 Å². The Balaban J connectivity index is 1.24. The monoisotopic (exact) mass is 470 g/mol. The fourth-order valence-electron chi connectivity index (χ4n) is 6.15. The van der Waals surface area contributed by atoms with Crippen LogP contribution in [0, 0.1) is 17.7 Å². The molecular weight excluding hydrogens is 439 g/mol. The number of carbonyl (C=O) groups is 1. The first-order chi connectivity index (χ1) is 17.0. The summed E-state index contributed by atoms with van der Waals surface area (Å²) in [4.78, 5) is 27.0. The van der Waals surface area contributed by atoms with Crippen LogP contribution in [0.3, 0.4) is 0 Å². The SMILES string of the molecule is CN(C)C(=O)c1ccc2[nH]c(C(C3CC3)[C@H]3CC[C@@H](c4ccnc5ccc(F)cc54)CC3)nc2c1. The van der Waals surface area contributed by atoms with E-state index in [-0.39, 0.29) is 11.7 Å². The number of aromatic nitrogens is 3. The predicted octanol–water partition coefficient (Wildman–Crippen LogP) is 6.42.